The van der Waals surface area contributed by atoms with Crippen LogP contribution in [0.25, 0.3) is 0 Å². The van der Waals surface area contributed by atoms with Gasteiger partial charge in [-0.05, 0) is 24.9 Å². The highest BCUT2D eigenvalue weighted by Crippen LogP contribution is 2.17. The van der Waals surface area contributed by atoms with Gasteiger partial charge in [-0.2, -0.15) is 4.98 Å². The van der Waals surface area contributed by atoms with E-state index in [-0.39, 0.29) is 11.3 Å². The molecule has 0 aromatic carbocycles. The maximum absolute atomic E-state index is 5.81. The van der Waals surface area contributed by atoms with Crippen LogP contribution in [0.4, 0.5) is 0 Å². The Balaban J connectivity index is 2.66. The number of aromatic nitrogens is 2. The molecule has 5 nitrogen and oxygen atoms in total. The fourth-order valence-electron chi connectivity index (χ4n) is 1.97. The summed E-state index contributed by atoms with van der Waals surface area (Å²) in [6.45, 7) is 14.0. The van der Waals surface area contributed by atoms with Crippen LogP contribution in [-0.2, 0) is 6.54 Å². The summed E-state index contributed by atoms with van der Waals surface area (Å²) in [6, 6.07) is 0. The minimum absolute atomic E-state index is 0.111. The lowest BCUT2D eigenvalue weighted by Gasteiger charge is -2.30. The van der Waals surface area contributed by atoms with Crippen molar-refractivity contribution in [1.82, 2.24) is 15.0 Å². The van der Waals surface area contributed by atoms with Crippen LogP contribution < -0.4 is 5.73 Å². The molecule has 0 fully saturated rings. The Morgan fingerprint density at radius 3 is 2.53 bits per heavy atom. The molecule has 5 heteroatoms. The average Bonchev–Trinajstić information content (AvgIpc) is 2.77. The summed E-state index contributed by atoms with van der Waals surface area (Å²) in [5.74, 6) is 1.76. The van der Waals surface area contributed by atoms with E-state index in [0.29, 0.717) is 12.4 Å². The molecule has 0 atom stereocenters. The number of rotatable bonds is 8. The summed E-state index contributed by atoms with van der Waals surface area (Å²) >= 11 is 0. The van der Waals surface area contributed by atoms with Gasteiger partial charge < -0.3 is 10.3 Å². The van der Waals surface area contributed by atoms with Crippen molar-refractivity contribution in [2.75, 3.05) is 19.6 Å². The monoisotopic (exact) mass is 268 g/mol. The molecule has 110 valence electrons. The van der Waals surface area contributed by atoms with Crippen molar-refractivity contribution >= 4 is 0 Å². The third-order valence-corrected chi connectivity index (χ3v) is 3.09. The highest BCUT2D eigenvalue weighted by molar-refractivity contribution is 4.91. The van der Waals surface area contributed by atoms with Gasteiger partial charge in [0.05, 0.1) is 6.54 Å². The molecule has 0 aliphatic rings. The summed E-state index contributed by atoms with van der Waals surface area (Å²) in [5.41, 5.74) is 5.92. The zero-order valence-corrected chi connectivity index (χ0v) is 12.9. The highest BCUT2D eigenvalue weighted by atomic mass is 16.5. The second-order valence-electron chi connectivity index (χ2n) is 6.28. The third kappa shape index (κ3) is 5.28. The van der Waals surface area contributed by atoms with Gasteiger partial charge in [-0.1, -0.05) is 39.8 Å². The van der Waals surface area contributed by atoms with Crippen molar-refractivity contribution in [1.29, 1.82) is 0 Å². The highest BCUT2D eigenvalue weighted by Gasteiger charge is 2.21. The molecule has 0 amide bonds. The maximum atomic E-state index is 5.81. The van der Waals surface area contributed by atoms with Crippen molar-refractivity contribution in [3.8, 4) is 0 Å². The third-order valence-electron chi connectivity index (χ3n) is 3.09. The molecular weight excluding hydrogens is 240 g/mol. The quantitative estimate of drug-likeness (QED) is 0.784. The van der Waals surface area contributed by atoms with Crippen LogP contribution in [0.1, 0.15) is 58.7 Å². The second kappa shape index (κ2) is 7.01. The molecule has 0 unspecified atom stereocenters. The standard InChI is InChI=1S/C14H28N4O/c1-6-7-18(10-14(4,5)9-15)8-12-16-13(11(2)3)19-17-12/h11H,6-10,15H2,1-5H3. The molecule has 0 aliphatic heterocycles. The van der Waals surface area contributed by atoms with Crippen molar-refractivity contribution < 1.29 is 4.52 Å². The van der Waals surface area contributed by atoms with E-state index in [1.54, 1.807) is 0 Å². The van der Waals surface area contributed by atoms with E-state index in [2.05, 4.69) is 49.7 Å². The van der Waals surface area contributed by atoms with Gasteiger partial charge in [0.15, 0.2) is 5.82 Å². The Hall–Kier alpha value is -0.940. The summed E-state index contributed by atoms with van der Waals surface area (Å²) in [7, 11) is 0. The molecule has 0 radical (unpaired) electrons. The number of hydrogen-bond acceptors (Lipinski definition) is 5. The Morgan fingerprint density at radius 1 is 1.37 bits per heavy atom. The molecule has 1 rings (SSSR count). The van der Waals surface area contributed by atoms with E-state index < -0.39 is 0 Å². The van der Waals surface area contributed by atoms with E-state index in [9.17, 15) is 0 Å². The van der Waals surface area contributed by atoms with Gasteiger partial charge >= 0.3 is 0 Å². The van der Waals surface area contributed by atoms with Crippen LogP contribution in [0, 0.1) is 5.41 Å². The van der Waals surface area contributed by atoms with Gasteiger partial charge in [0.2, 0.25) is 5.89 Å². The first-order valence-electron chi connectivity index (χ1n) is 7.13. The molecule has 2 N–H and O–H groups in total. The van der Waals surface area contributed by atoms with Crippen molar-refractivity contribution in [3.05, 3.63) is 11.7 Å². The van der Waals surface area contributed by atoms with Crippen LogP contribution in [0.15, 0.2) is 4.52 Å². The van der Waals surface area contributed by atoms with Crippen LogP contribution in [0.3, 0.4) is 0 Å². The fourth-order valence-corrected chi connectivity index (χ4v) is 1.97. The molecule has 1 aromatic heterocycles. The van der Waals surface area contributed by atoms with Crippen molar-refractivity contribution in [2.45, 2.75) is 53.5 Å². The predicted molar refractivity (Wildman–Crippen MR) is 76.8 cm³/mol. The molecular formula is C14H28N4O. The first-order chi connectivity index (χ1) is 8.88. The SMILES string of the molecule is CCCN(Cc1noc(C(C)C)n1)CC(C)(C)CN. The maximum Gasteiger partial charge on any atom is 0.229 e. The van der Waals surface area contributed by atoms with Gasteiger partial charge in [-0.25, -0.2) is 0 Å². The minimum atomic E-state index is 0.111. The van der Waals surface area contributed by atoms with Gasteiger partial charge in [0, 0.05) is 12.5 Å². The van der Waals surface area contributed by atoms with Crippen molar-refractivity contribution in [2.24, 2.45) is 11.1 Å². The van der Waals surface area contributed by atoms with Gasteiger partial charge in [-0.15, -0.1) is 0 Å². The smallest absolute Gasteiger partial charge is 0.229 e. The number of nitrogens with zero attached hydrogens (tertiary/aromatic N) is 3. The molecule has 0 aliphatic carbocycles. The summed E-state index contributed by atoms with van der Waals surface area (Å²) in [6.07, 6.45) is 1.11. The number of nitrogens with two attached hydrogens (primary N) is 1. The van der Waals surface area contributed by atoms with E-state index in [0.717, 1.165) is 31.9 Å². The summed E-state index contributed by atoms with van der Waals surface area (Å²) < 4.78 is 5.25. The summed E-state index contributed by atoms with van der Waals surface area (Å²) in [5, 5.41) is 4.06. The van der Waals surface area contributed by atoms with Crippen LogP contribution in [-0.4, -0.2) is 34.7 Å². The predicted octanol–water partition coefficient (Wildman–Crippen LogP) is 2.39. The Labute approximate surface area is 116 Å². The molecule has 0 bridgehead atoms. The van der Waals surface area contributed by atoms with Crippen molar-refractivity contribution in [3.63, 3.8) is 0 Å². The lowest BCUT2D eigenvalue weighted by atomic mass is 9.93. The first-order valence-corrected chi connectivity index (χ1v) is 7.13. The molecule has 0 saturated heterocycles. The van der Waals surface area contributed by atoms with Crippen LogP contribution in [0.2, 0.25) is 0 Å². The molecule has 1 aromatic rings. The molecule has 19 heavy (non-hydrogen) atoms. The lowest BCUT2D eigenvalue weighted by Crippen LogP contribution is -2.39. The van der Waals surface area contributed by atoms with E-state index in [1.807, 2.05) is 0 Å². The number of hydrogen-bond donors (Lipinski definition) is 1. The average molecular weight is 268 g/mol. The zero-order chi connectivity index (χ0) is 14.5. The van der Waals surface area contributed by atoms with Gasteiger partial charge in [-0.3, -0.25) is 4.90 Å². The minimum Gasteiger partial charge on any atom is -0.339 e. The van der Waals surface area contributed by atoms with E-state index in [4.69, 9.17) is 10.3 Å². The van der Waals surface area contributed by atoms with E-state index in [1.165, 1.54) is 0 Å². The Morgan fingerprint density at radius 2 is 2.05 bits per heavy atom. The molecule has 1 heterocycles. The van der Waals surface area contributed by atoms with Gasteiger partial charge in [0.1, 0.15) is 0 Å². The van der Waals surface area contributed by atoms with E-state index >= 15 is 0 Å². The molecule has 0 spiro atoms. The van der Waals surface area contributed by atoms with Crippen LogP contribution >= 0.6 is 0 Å². The normalized spacial score (nSPS) is 12.6. The molecule has 0 saturated carbocycles. The Bertz CT molecular complexity index is 373. The Kier molecular flexibility index (Phi) is 5.94. The van der Waals surface area contributed by atoms with Crippen LogP contribution in [0.5, 0.6) is 0 Å². The van der Waals surface area contributed by atoms with Gasteiger partial charge in [0.25, 0.3) is 0 Å². The largest absolute Gasteiger partial charge is 0.339 e. The zero-order valence-electron chi connectivity index (χ0n) is 12.9. The fraction of sp³-hybridized carbons (Fsp3) is 0.857. The second-order valence-corrected chi connectivity index (χ2v) is 6.28. The first kappa shape index (κ1) is 16.1. The lowest BCUT2D eigenvalue weighted by molar-refractivity contribution is 0.171. The topological polar surface area (TPSA) is 68.2 Å². The summed E-state index contributed by atoms with van der Waals surface area (Å²) in [4.78, 5) is 6.79.